The first-order chi connectivity index (χ1) is 11.9. The normalized spacial score (nSPS) is 11.8. The molecule has 3 aromatic rings. The van der Waals surface area contributed by atoms with Crippen molar-refractivity contribution in [1.82, 2.24) is 4.31 Å². The zero-order chi connectivity index (χ0) is 18.0. The van der Waals surface area contributed by atoms with Crippen LogP contribution >= 0.6 is 0 Å². The van der Waals surface area contributed by atoms with Gasteiger partial charge in [-0.1, -0.05) is 48.5 Å². The van der Waals surface area contributed by atoms with Crippen molar-refractivity contribution in [3.63, 3.8) is 0 Å². The van der Waals surface area contributed by atoms with Gasteiger partial charge in [0.2, 0.25) is 10.0 Å². The van der Waals surface area contributed by atoms with Gasteiger partial charge in [-0.25, -0.2) is 8.42 Å². The van der Waals surface area contributed by atoms with Crippen LogP contribution in [0.1, 0.15) is 22.8 Å². The highest BCUT2D eigenvalue weighted by atomic mass is 32.2. The van der Waals surface area contributed by atoms with Gasteiger partial charge in [0.05, 0.1) is 4.90 Å². The van der Waals surface area contributed by atoms with E-state index < -0.39 is 10.0 Å². The molecule has 0 saturated heterocycles. The Labute approximate surface area is 147 Å². The number of carbonyl (C=O) groups excluding carboxylic acids is 1. The number of benzene rings is 3. The van der Waals surface area contributed by atoms with Crippen LogP contribution < -0.4 is 0 Å². The monoisotopic (exact) mass is 353 g/mol. The van der Waals surface area contributed by atoms with Crippen molar-refractivity contribution < 1.29 is 13.2 Å². The average molecular weight is 353 g/mol. The molecule has 0 aliphatic heterocycles. The lowest BCUT2D eigenvalue weighted by Crippen LogP contribution is -2.26. The van der Waals surface area contributed by atoms with Crippen molar-refractivity contribution in [3.8, 4) is 0 Å². The zero-order valence-electron chi connectivity index (χ0n) is 14.1. The summed E-state index contributed by atoms with van der Waals surface area (Å²) >= 11 is 0. The highest BCUT2D eigenvalue weighted by Crippen LogP contribution is 2.21. The fraction of sp³-hybridized carbons (Fsp3) is 0.150. The molecule has 0 amide bonds. The van der Waals surface area contributed by atoms with Gasteiger partial charge < -0.3 is 0 Å². The lowest BCUT2D eigenvalue weighted by Gasteiger charge is -2.18. The van der Waals surface area contributed by atoms with Crippen LogP contribution in [-0.2, 0) is 16.6 Å². The van der Waals surface area contributed by atoms with Crippen LogP contribution in [-0.4, -0.2) is 25.6 Å². The maximum absolute atomic E-state index is 12.8. The van der Waals surface area contributed by atoms with Crippen LogP contribution in [0.25, 0.3) is 10.8 Å². The smallest absolute Gasteiger partial charge is 0.243 e. The Morgan fingerprint density at radius 2 is 1.64 bits per heavy atom. The van der Waals surface area contributed by atoms with Crippen LogP contribution in [0.3, 0.4) is 0 Å². The lowest BCUT2D eigenvalue weighted by molar-refractivity contribution is 0.101. The molecule has 0 aliphatic carbocycles. The van der Waals surface area contributed by atoms with E-state index in [1.54, 1.807) is 19.2 Å². The Hall–Kier alpha value is -2.50. The molecule has 0 saturated carbocycles. The minimum Gasteiger partial charge on any atom is -0.295 e. The summed E-state index contributed by atoms with van der Waals surface area (Å²) < 4.78 is 26.9. The van der Waals surface area contributed by atoms with E-state index in [1.165, 1.54) is 23.4 Å². The molecular weight excluding hydrogens is 334 g/mol. The molecule has 0 N–H and O–H groups in total. The second-order valence-electron chi connectivity index (χ2n) is 6.03. The van der Waals surface area contributed by atoms with Gasteiger partial charge in [0, 0.05) is 19.2 Å². The second-order valence-corrected chi connectivity index (χ2v) is 8.07. The number of sulfonamides is 1. The Morgan fingerprint density at radius 3 is 2.36 bits per heavy atom. The Bertz CT molecular complexity index is 1040. The van der Waals surface area contributed by atoms with Gasteiger partial charge in [-0.15, -0.1) is 0 Å². The van der Waals surface area contributed by atoms with Crippen molar-refractivity contribution >= 4 is 26.6 Å². The molecule has 0 aliphatic rings. The molecular formula is C20H19NO3S. The van der Waals surface area contributed by atoms with Crippen molar-refractivity contribution in [3.05, 3.63) is 77.9 Å². The SMILES string of the molecule is CC(=O)c1cccc(S(=O)(=O)N(C)Cc2ccc3ccccc3c2)c1. The largest absolute Gasteiger partial charge is 0.295 e. The molecule has 0 spiro atoms. The first-order valence-corrected chi connectivity index (χ1v) is 9.37. The Balaban J connectivity index is 1.89. The predicted octanol–water partition coefficient (Wildman–Crippen LogP) is 3.86. The minimum atomic E-state index is -3.67. The molecule has 3 aromatic carbocycles. The molecule has 0 fully saturated rings. The van der Waals surface area contributed by atoms with Crippen LogP contribution in [0.2, 0.25) is 0 Å². The molecule has 128 valence electrons. The van der Waals surface area contributed by atoms with Crippen LogP contribution in [0, 0.1) is 0 Å². The molecule has 0 atom stereocenters. The summed E-state index contributed by atoms with van der Waals surface area (Å²) in [5.74, 6) is -0.158. The number of hydrogen-bond donors (Lipinski definition) is 0. The van der Waals surface area contributed by atoms with E-state index in [9.17, 15) is 13.2 Å². The number of fused-ring (bicyclic) bond motifs is 1. The molecule has 5 heteroatoms. The maximum Gasteiger partial charge on any atom is 0.243 e. The highest BCUT2D eigenvalue weighted by Gasteiger charge is 2.21. The third-order valence-corrected chi connectivity index (χ3v) is 5.97. The van der Waals surface area contributed by atoms with Crippen molar-refractivity contribution in [2.75, 3.05) is 7.05 Å². The second kappa shape index (κ2) is 6.78. The summed E-state index contributed by atoms with van der Waals surface area (Å²) in [7, 11) is -2.12. The Morgan fingerprint density at radius 1 is 0.920 bits per heavy atom. The number of ketones is 1. The summed E-state index contributed by atoms with van der Waals surface area (Å²) in [6, 6.07) is 20.0. The van der Waals surface area contributed by atoms with Crippen molar-refractivity contribution in [1.29, 1.82) is 0 Å². The van der Waals surface area contributed by atoms with E-state index in [1.807, 2.05) is 42.5 Å². The molecule has 3 rings (SSSR count). The van der Waals surface area contributed by atoms with Crippen LogP contribution in [0.4, 0.5) is 0 Å². The molecule has 25 heavy (non-hydrogen) atoms. The number of carbonyl (C=O) groups is 1. The minimum absolute atomic E-state index is 0.128. The maximum atomic E-state index is 12.8. The molecule has 0 aromatic heterocycles. The van der Waals surface area contributed by atoms with Gasteiger partial charge in [-0.05, 0) is 41.5 Å². The van der Waals surface area contributed by atoms with Gasteiger partial charge in [-0.3, -0.25) is 4.79 Å². The molecule has 0 bridgehead atoms. The Kier molecular flexibility index (Phi) is 4.70. The van der Waals surface area contributed by atoms with E-state index >= 15 is 0 Å². The quantitative estimate of drug-likeness (QED) is 0.655. The van der Waals surface area contributed by atoms with E-state index in [0.29, 0.717) is 5.56 Å². The van der Waals surface area contributed by atoms with Gasteiger partial charge in [0.1, 0.15) is 0 Å². The summed E-state index contributed by atoms with van der Waals surface area (Å²) in [6.07, 6.45) is 0. The predicted molar refractivity (Wildman–Crippen MR) is 99.0 cm³/mol. The van der Waals surface area contributed by atoms with E-state index in [-0.39, 0.29) is 17.2 Å². The molecule has 0 radical (unpaired) electrons. The number of nitrogens with zero attached hydrogens (tertiary/aromatic N) is 1. The summed E-state index contributed by atoms with van der Waals surface area (Å²) in [4.78, 5) is 11.6. The van der Waals surface area contributed by atoms with Crippen LogP contribution in [0.5, 0.6) is 0 Å². The molecule has 0 unspecified atom stereocenters. The van der Waals surface area contributed by atoms with Crippen molar-refractivity contribution in [2.45, 2.75) is 18.4 Å². The highest BCUT2D eigenvalue weighted by molar-refractivity contribution is 7.89. The summed E-state index contributed by atoms with van der Waals surface area (Å²) in [5.41, 5.74) is 1.30. The first-order valence-electron chi connectivity index (χ1n) is 7.93. The summed E-state index contributed by atoms with van der Waals surface area (Å²) in [6.45, 7) is 1.68. The number of hydrogen-bond acceptors (Lipinski definition) is 3. The zero-order valence-corrected chi connectivity index (χ0v) is 15.0. The van der Waals surface area contributed by atoms with Gasteiger partial charge in [0.15, 0.2) is 5.78 Å². The number of rotatable bonds is 5. The topological polar surface area (TPSA) is 54.5 Å². The van der Waals surface area contributed by atoms with Gasteiger partial charge in [0.25, 0.3) is 0 Å². The van der Waals surface area contributed by atoms with E-state index in [0.717, 1.165) is 16.3 Å². The lowest BCUT2D eigenvalue weighted by atomic mass is 10.1. The summed E-state index contributed by atoms with van der Waals surface area (Å²) in [5, 5.41) is 2.19. The third kappa shape index (κ3) is 3.62. The first kappa shape index (κ1) is 17.3. The number of Topliss-reactive ketones (excluding diaryl/α,β-unsaturated/α-hetero) is 1. The molecule has 0 heterocycles. The molecule has 4 nitrogen and oxygen atoms in total. The van der Waals surface area contributed by atoms with Gasteiger partial charge >= 0.3 is 0 Å². The van der Waals surface area contributed by atoms with E-state index in [2.05, 4.69) is 0 Å². The average Bonchev–Trinajstić information content (AvgIpc) is 2.61. The van der Waals surface area contributed by atoms with Crippen LogP contribution in [0.15, 0.2) is 71.6 Å². The van der Waals surface area contributed by atoms with E-state index in [4.69, 9.17) is 0 Å². The van der Waals surface area contributed by atoms with Gasteiger partial charge in [-0.2, -0.15) is 4.31 Å². The third-order valence-electron chi connectivity index (χ3n) is 4.17. The van der Waals surface area contributed by atoms with Crippen molar-refractivity contribution in [2.24, 2.45) is 0 Å². The fourth-order valence-corrected chi connectivity index (χ4v) is 3.94. The standard InChI is InChI=1S/C20H19NO3S/c1-15(22)18-8-5-9-20(13-18)25(23,24)21(2)14-16-10-11-17-6-3-4-7-19(17)12-16/h3-13H,14H2,1-2H3. The fourth-order valence-electron chi connectivity index (χ4n) is 2.73.